The number of nitrogens with zero attached hydrogens (tertiary/aromatic N) is 3. The highest BCUT2D eigenvalue weighted by molar-refractivity contribution is 5.89. The number of H-pyrrole nitrogens is 1. The molecule has 6 heteroatoms. The molecule has 0 bridgehead atoms. The zero-order valence-corrected chi connectivity index (χ0v) is 14.2. The first-order chi connectivity index (χ1) is 12.2. The topological polar surface area (TPSA) is 64.3 Å². The van der Waals surface area contributed by atoms with Crippen LogP contribution in [-0.4, -0.2) is 47.1 Å². The summed E-state index contributed by atoms with van der Waals surface area (Å²) in [6.07, 6.45) is 0. The highest BCUT2D eigenvalue weighted by Crippen LogP contribution is 2.20. The Labute approximate surface area is 146 Å². The number of hydrogen-bond acceptors (Lipinski definition) is 3. The van der Waals surface area contributed by atoms with E-state index in [9.17, 15) is 4.79 Å². The van der Waals surface area contributed by atoms with Crippen LogP contribution in [0.15, 0.2) is 48.5 Å². The second-order valence-corrected chi connectivity index (χ2v) is 6.35. The predicted molar refractivity (Wildman–Crippen MR) is 100 cm³/mol. The molecule has 128 valence electrons. The molecule has 1 aromatic heterocycles. The van der Waals surface area contributed by atoms with E-state index < -0.39 is 0 Å². The number of benzene rings is 2. The zero-order chi connectivity index (χ0) is 17.2. The second-order valence-electron chi connectivity index (χ2n) is 6.35. The third kappa shape index (κ3) is 3.28. The first-order valence-corrected chi connectivity index (χ1v) is 8.51. The lowest BCUT2D eigenvalue weighted by molar-refractivity contribution is 0.208. The molecular weight excluding hydrogens is 314 g/mol. The molecule has 2 heterocycles. The average Bonchev–Trinajstić information content (AvgIpc) is 3.06. The van der Waals surface area contributed by atoms with Crippen molar-refractivity contribution in [1.29, 1.82) is 0 Å². The number of rotatable bonds is 2. The summed E-state index contributed by atoms with van der Waals surface area (Å²) in [7, 11) is 0. The molecule has 0 aliphatic carbocycles. The van der Waals surface area contributed by atoms with Crippen LogP contribution in [0.25, 0.3) is 11.0 Å². The maximum absolute atomic E-state index is 12.4. The fraction of sp³-hybridized carbons (Fsp3) is 0.263. The Bertz CT molecular complexity index is 881. The smallest absolute Gasteiger partial charge is 0.321 e. The van der Waals surface area contributed by atoms with E-state index in [1.807, 2.05) is 41.3 Å². The minimum absolute atomic E-state index is 0.0499. The summed E-state index contributed by atoms with van der Waals surface area (Å²) in [5.41, 5.74) is 4.07. The van der Waals surface area contributed by atoms with Crippen molar-refractivity contribution in [3.05, 3.63) is 54.1 Å². The number of piperazine rings is 1. The summed E-state index contributed by atoms with van der Waals surface area (Å²) in [5, 5.41) is 2.94. The molecule has 0 atom stereocenters. The molecule has 4 rings (SSSR count). The fourth-order valence-corrected chi connectivity index (χ4v) is 3.11. The number of aryl methyl sites for hydroxylation is 1. The minimum atomic E-state index is -0.0499. The normalized spacial score (nSPS) is 14.8. The maximum Gasteiger partial charge on any atom is 0.321 e. The van der Waals surface area contributed by atoms with E-state index in [-0.39, 0.29) is 6.03 Å². The Morgan fingerprint density at radius 2 is 1.84 bits per heavy atom. The lowest BCUT2D eigenvalue weighted by Gasteiger charge is -2.34. The first-order valence-electron chi connectivity index (χ1n) is 8.51. The standard InChI is InChI=1S/C19H21N5O/c1-14-7-8-16-17(13-14)22-18(21-16)23-9-11-24(12-10-23)19(25)20-15-5-3-2-4-6-15/h2-8,13H,9-12H2,1H3,(H,20,25)(H,21,22). The van der Waals surface area contributed by atoms with Crippen molar-refractivity contribution in [2.75, 3.05) is 36.4 Å². The van der Waals surface area contributed by atoms with E-state index in [4.69, 9.17) is 0 Å². The van der Waals surface area contributed by atoms with Crippen LogP contribution in [0.4, 0.5) is 16.4 Å². The van der Waals surface area contributed by atoms with Crippen molar-refractivity contribution in [3.63, 3.8) is 0 Å². The van der Waals surface area contributed by atoms with Crippen molar-refractivity contribution < 1.29 is 4.79 Å². The number of anilines is 2. The molecule has 3 aromatic rings. The van der Waals surface area contributed by atoms with Crippen LogP contribution in [0.2, 0.25) is 0 Å². The van der Waals surface area contributed by atoms with Crippen LogP contribution in [0.5, 0.6) is 0 Å². The van der Waals surface area contributed by atoms with E-state index in [1.165, 1.54) is 5.56 Å². The quantitative estimate of drug-likeness (QED) is 0.756. The molecular formula is C19H21N5O. The van der Waals surface area contributed by atoms with E-state index in [0.29, 0.717) is 13.1 Å². The second kappa shape index (κ2) is 6.47. The Morgan fingerprint density at radius 3 is 2.60 bits per heavy atom. The largest absolute Gasteiger partial charge is 0.339 e. The van der Waals surface area contributed by atoms with E-state index >= 15 is 0 Å². The van der Waals surface area contributed by atoms with Crippen LogP contribution >= 0.6 is 0 Å². The van der Waals surface area contributed by atoms with Gasteiger partial charge in [0.2, 0.25) is 5.95 Å². The van der Waals surface area contributed by atoms with Crippen molar-refractivity contribution >= 4 is 28.7 Å². The van der Waals surface area contributed by atoms with Crippen molar-refractivity contribution in [3.8, 4) is 0 Å². The number of aromatic nitrogens is 2. The Hall–Kier alpha value is -3.02. The summed E-state index contributed by atoms with van der Waals surface area (Å²) >= 11 is 0. The molecule has 2 amide bonds. The van der Waals surface area contributed by atoms with Crippen LogP contribution in [-0.2, 0) is 0 Å². The van der Waals surface area contributed by atoms with Crippen LogP contribution in [0, 0.1) is 6.92 Å². The van der Waals surface area contributed by atoms with Gasteiger partial charge in [-0.15, -0.1) is 0 Å². The van der Waals surface area contributed by atoms with Crippen LogP contribution < -0.4 is 10.2 Å². The SMILES string of the molecule is Cc1ccc2nc(N3CCN(C(=O)Nc4ccccc4)CC3)[nH]c2c1. The van der Waals surface area contributed by atoms with Gasteiger partial charge < -0.3 is 20.1 Å². The minimum Gasteiger partial charge on any atom is -0.339 e. The number of aromatic amines is 1. The third-order valence-corrected chi connectivity index (χ3v) is 4.52. The lowest BCUT2D eigenvalue weighted by atomic mass is 10.2. The lowest BCUT2D eigenvalue weighted by Crippen LogP contribution is -2.50. The molecule has 25 heavy (non-hydrogen) atoms. The van der Waals surface area contributed by atoms with Gasteiger partial charge in [0.05, 0.1) is 11.0 Å². The van der Waals surface area contributed by atoms with Crippen LogP contribution in [0.3, 0.4) is 0 Å². The molecule has 0 saturated carbocycles. The van der Waals surface area contributed by atoms with Gasteiger partial charge in [0, 0.05) is 31.9 Å². The van der Waals surface area contributed by atoms with Crippen molar-refractivity contribution in [1.82, 2.24) is 14.9 Å². The molecule has 1 saturated heterocycles. The number of para-hydroxylation sites is 1. The molecule has 1 aliphatic rings. The average molecular weight is 335 g/mol. The van der Waals surface area contributed by atoms with Crippen molar-refractivity contribution in [2.45, 2.75) is 6.92 Å². The number of hydrogen-bond donors (Lipinski definition) is 2. The molecule has 6 nitrogen and oxygen atoms in total. The first kappa shape index (κ1) is 15.5. The van der Waals surface area contributed by atoms with Gasteiger partial charge in [-0.25, -0.2) is 9.78 Å². The van der Waals surface area contributed by atoms with Gasteiger partial charge in [-0.1, -0.05) is 24.3 Å². The summed E-state index contributed by atoms with van der Waals surface area (Å²) in [6.45, 7) is 4.95. The highest BCUT2D eigenvalue weighted by Gasteiger charge is 2.23. The zero-order valence-electron chi connectivity index (χ0n) is 14.2. The van der Waals surface area contributed by atoms with Gasteiger partial charge >= 0.3 is 6.03 Å². The van der Waals surface area contributed by atoms with Gasteiger partial charge in [0.25, 0.3) is 0 Å². The number of amides is 2. The van der Waals surface area contributed by atoms with E-state index in [1.54, 1.807) is 0 Å². The van der Waals surface area contributed by atoms with Crippen molar-refractivity contribution in [2.24, 2.45) is 0 Å². The molecule has 0 radical (unpaired) electrons. The maximum atomic E-state index is 12.4. The van der Waals surface area contributed by atoms with Gasteiger partial charge in [-0.05, 0) is 36.8 Å². The fourth-order valence-electron chi connectivity index (χ4n) is 3.11. The summed E-state index contributed by atoms with van der Waals surface area (Å²) in [6, 6.07) is 15.7. The Morgan fingerprint density at radius 1 is 1.08 bits per heavy atom. The number of carbonyl (C=O) groups is 1. The van der Waals surface area contributed by atoms with Gasteiger partial charge in [-0.3, -0.25) is 0 Å². The summed E-state index contributed by atoms with van der Waals surface area (Å²) < 4.78 is 0. The highest BCUT2D eigenvalue weighted by atomic mass is 16.2. The predicted octanol–water partition coefficient (Wildman–Crippen LogP) is 3.23. The monoisotopic (exact) mass is 335 g/mol. The Balaban J connectivity index is 1.39. The third-order valence-electron chi connectivity index (χ3n) is 4.52. The van der Waals surface area contributed by atoms with Gasteiger partial charge in [0.15, 0.2) is 0 Å². The molecule has 2 aromatic carbocycles. The molecule has 1 aliphatic heterocycles. The molecule has 0 spiro atoms. The van der Waals surface area contributed by atoms with Gasteiger partial charge in [-0.2, -0.15) is 0 Å². The number of carbonyl (C=O) groups excluding carboxylic acids is 1. The molecule has 2 N–H and O–H groups in total. The van der Waals surface area contributed by atoms with Gasteiger partial charge in [0.1, 0.15) is 0 Å². The van der Waals surface area contributed by atoms with E-state index in [2.05, 4.69) is 39.2 Å². The van der Waals surface area contributed by atoms with E-state index in [0.717, 1.165) is 35.8 Å². The van der Waals surface area contributed by atoms with Crippen LogP contribution in [0.1, 0.15) is 5.56 Å². The number of nitrogens with one attached hydrogen (secondary N) is 2. The number of fused-ring (bicyclic) bond motifs is 1. The molecule has 1 fully saturated rings. The summed E-state index contributed by atoms with van der Waals surface area (Å²) in [4.78, 5) is 24.5. The number of urea groups is 1. The molecule has 0 unspecified atom stereocenters. The Kier molecular flexibility index (Phi) is 4.01. The number of imidazole rings is 1. The summed E-state index contributed by atoms with van der Waals surface area (Å²) in [5.74, 6) is 0.878.